The molecule has 2 atom stereocenters. The Morgan fingerprint density at radius 1 is 1.31 bits per heavy atom. The third kappa shape index (κ3) is 2.33. The lowest BCUT2D eigenvalue weighted by Gasteiger charge is -2.14. The smallest absolute Gasteiger partial charge is 0.290 e. The molecule has 1 N–H and O–H groups in total. The molecule has 0 radical (unpaired) electrons. The van der Waals surface area contributed by atoms with Crippen LogP contribution in [0.5, 0.6) is 0 Å². The van der Waals surface area contributed by atoms with Gasteiger partial charge >= 0.3 is 0 Å². The minimum atomic E-state index is -0.325. The van der Waals surface area contributed by atoms with Crippen LogP contribution >= 0.6 is 11.6 Å². The topological polar surface area (TPSA) is 89.1 Å². The minimum Gasteiger partial charge on any atom is -0.376 e. The van der Waals surface area contributed by atoms with Crippen LogP contribution in [0.2, 0.25) is 5.15 Å². The summed E-state index contributed by atoms with van der Waals surface area (Å²) in [4.78, 5) is 30.9. The van der Waals surface area contributed by atoms with Crippen LogP contribution in [0.4, 0.5) is 11.5 Å². The standard InChI is InChI=1S/C17H18ClN5O3/c1-16-8-26-9-17(16,2)23(16)14(24)10-4-5-13(19-7-10)20-11-6-12(18)21-22(3)15(11)25/h4-7H,8-9H2,1-3H3,(H,19,20)/t16-,17-/m1/s1. The van der Waals surface area contributed by atoms with E-state index in [4.69, 9.17) is 16.3 Å². The number of aryl methyl sites for hydroxylation is 1. The van der Waals surface area contributed by atoms with Crippen LogP contribution in [0.3, 0.4) is 0 Å². The summed E-state index contributed by atoms with van der Waals surface area (Å²) in [6, 6.07) is 4.78. The van der Waals surface area contributed by atoms with Gasteiger partial charge in [-0.2, -0.15) is 5.10 Å². The maximum atomic E-state index is 12.8. The number of amides is 1. The molecule has 2 aromatic rings. The highest BCUT2D eigenvalue weighted by Crippen LogP contribution is 2.56. The van der Waals surface area contributed by atoms with Crippen LogP contribution in [-0.2, 0) is 11.8 Å². The largest absolute Gasteiger partial charge is 0.376 e. The number of halogens is 1. The van der Waals surface area contributed by atoms with Gasteiger partial charge in [-0.25, -0.2) is 9.67 Å². The molecule has 2 aromatic heterocycles. The van der Waals surface area contributed by atoms with Crippen molar-refractivity contribution in [3.63, 3.8) is 0 Å². The molecule has 2 aliphatic heterocycles. The molecule has 0 aromatic carbocycles. The number of hydrogen-bond acceptors (Lipinski definition) is 6. The molecule has 9 heteroatoms. The van der Waals surface area contributed by atoms with E-state index in [1.165, 1.54) is 19.3 Å². The molecule has 8 nitrogen and oxygen atoms in total. The molecule has 1 amide bonds. The van der Waals surface area contributed by atoms with Gasteiger partial charge in [0.25, 0.3) is 11.5 Å². The van der Waals surface area contributed by atoms with E-state index in [0.717, 1.165) is 4.68 Å². The van der Waals surface area contributed by atoms with Crippen molar-refractivity contribution in [2.45, 2.75) is 24.9 Å². The first-order valence-electron chi connectivity index (χ1n) is 8.16. The quantitative estimate of drug-likeness (QED) is 0.819. The molecule has 2 saturated heterocycles. The number of rotatable bonds is 3. The Bertz CT molecular complexity index is 944. The summed E-state index contributed by atoms with van der Waals surface area (Å²) in [6.07, 6.45) is 1.50. The van der Waals surface area contributed by atoms with Crippen molar-refractivity contribution in [2.24, 2.45) is 7.05 Å². The summed E-state index contributed by atoms with van der Waals surface area (Å²) in [5.41, 5.74) is -0.0685. The monoisotopic (exact) mass is 375 g/mol. The van der Waals surface area contributed by atoms with Crippen molar-refractivity contribution in [1.82, 2.24) is 19.7 Å². The Kier molecular flexibility index (Phi) is 3.61. The summed E-state index contributed by atoms with van der Waals surface area (Å²) < 4.78 is 6.62. The van der Waals surface area contributed by atoms with Gasteiger partial charge in [-0.3, -0.25) is 9.59 Å². The van der Waals surface area contributed by atoms with Crippen LogP contribution in [0.1, 0.15) is 24.2 Å². The molecule has 2 fully saturated rings. The average molecular weight is 376 g/mol. The van der Waals surface area contributed by atoms with Gasteiger partial charge < -0.3 is 15.0 Å². The molecule has 4 heterocycles. The molecule has 0 aliphatic carbocycles. The minimum absolute atomic E-state index is 0.0692. The number of ether oxygens (including phenoxy) is 1. The van der Waals surface area contributed by atoms with E-state index in [0.29, 0.717) is 24.6 Å². The SMILES string of the molecule is Cn1nc(Cl)cc(Nc2ccc(C(=O)N3[C@]4(C)COC[C@@]34C)cn2)c1=O. The average Bonchev–Trinajstić information content (AvgIpc) is 2.89. The van der Waals surface area contributed by atoms with E-state index >= 15 is 0 Å². The van der Waals surface area contributed by atoms with Crippen molar-refractivity contribution in [1.29, 1.82) is 0 Å². The molecule has 2 aliphatic rings. The summed E-state index contributed by atoms with van der Waals surface area (Å²) in [5.74, 6) is 0.368. The summed E-state index contributed by atoms with van der Waals surface area (Å²) >= 11 is 5.88. The fourth-order valence-corrected chi connectivity index (χ4v) is 3.82. The number of pyridine rings is 1. The molecule has 136 valence electrons. The number of hydrogen-bond donors (Lipinski definition) is 1. The molecule has 0 bridgehead atoms. The normalized spacial score (nSPS) is 26.5. The van der Waals surface area contributed by atoms with Gasteiger partial charge in [-0.15, -0.1) is 0 Å². The van der Waals surface area contributed by atoms with E-state index < -0.39 is 0 Å². The van der Waals surface area contributed by atoms with Crippen molar-refractivity contribution < 1.29 is 9.53 Å². The number of anilines is 2. The molecular weight excluding hydrogens is 358 g/mol. The zero-order valence-corrected chi connectivity index (χ0v) is 15.4. The van der Waals surface area contributed by atoms with Gasteiger partial charge in [0.2, 0.25) is 0 Å². The lowest BCUT2D eigenvalue weighted by molar-refractivity contribution is 0.0657. The van der Waals surface area contributed by atoms with E-state index in [1.54, 1.807) is 12.1 Å². The Balaban J connectivity index is 1.53. The first-order valence-corrected chi connectivity index (χ1v) is 8.53. The maximum Gasteiger partial charge on any atom is 0.290 e. The second kappa shape index (κ2) is 5.52. The van der Waals surface area contributed by atoms with Crippen LogP contribution < -0.4 is 10.9 Å². The van der Waals surface area contributed by atoms with E-state index in [9.17, 15) is 9.59 Å². The number of fused-ring (bicyclic) bond motifs is 1. The van der Waals surface area contributed by atoms with Gasteiger partial charge in [0, 0.05) is 19.3 Å². The van der Waals surface area contributed by atoms with Gasteiger partial charge in [0.05, 0.1) is 29.9 Å². The summed E-state index contributed by atoms with van der Waals surface area (Å²) in [5, 5.41) is 6.93. The number of carbonyl (C=O) groups is 1. The second-order valence-corrected chi connectivity index (χ2v) is 7.43. The van der Waals surface area contributed by atoms with Crippen molar-refractivity contribution >= 4 is 29.0 Å². The Morgan fingerprint density at radius 2 is 2.00 bits per heavy atom. The molecule has 4 rings (SSSR count). The predicted molar refractivity (Wildman–Crippen MR) is 95.8 cm³/mol. The van der Waals surface area contributed by atoms with Crippen LogP contribution in [0, 0.1) is 0 Å². The molecule has 0 unspecified atom stereocenters. The van der Waals surface area contributed by atoms with Crippen LogP contribution in [0.25, 0.3) is 0 Å². The predicted octanol–water partition coefficient (Wildman–Crippen LogP) is 1.58. The number of morpholine rings is 1. The fraction of sp³-hybridized carbons (Fsp3) is 0.412. The second-order valence-electron chi connectivity index (χ2n) is 7.05. The van der Waals surface area contributed by atoms with Gasteiger partial charge in [0.1, 0.15) is 11.5 Å². The van der Waals surface area contributed by atoms with E-state index in [1.807, 2.05) is 18.7 Å². The molecule has 0 saturated carbocycles. The Labute approximate surface area is 154 Å². The third-order valence-corrected chi connectivity index (χ3v) is 5.56. The molecule has 0 spiro atoms. The Morgan fingerprint density at radius 3 is 2.62 bits per heavy atom. The Hall–Kier alpha value is -2.45. The van der Waals surface area contributed by atoms with E-state index in [2.05, 4.69) is 15.4 Å². The van der Waals surface area contributed by atoms with Crippen LogP contribution in [-0.4, -0.2) is 49.9 Å². The first-order chi connectivity index (χ1) is 12.3. The number of nitrogens with one attached hydrogen (secondary N) is 1. The maximum absolute atomic E-state index is 12.8. The van der Waals surface area contributed by atoms with E-state index in [-0.39, 0.29) is 33.4 Å². The third-order valence-electron chi connectivity index (χ3n) is 5.37. The van der Waals surface area contributed by atoms with Crippen molar-refractivity contribution in [3.8, 4) is 0 Å². The number of aromatic nitrogens is 3. The van der Waals surface area contributed by atoms with Crippen molar-refractivity contribution in [3.05, 3.63) is 45.5 Å². The zero-order valence-electron chi connectivity index (χ0n) is 14.6. The summed E-state index contributed by atoms with van der Waals surface area (Å²) in [6.45, 7) is 5.16. The lowest BCUT2D eigenvalue weighted by Crippen LogP contribution is -2.27. The molecular formula is C17H18ClN5O3. The van der Waals surface area contributed by atoms with Crippen molar-refractivity contribution in [2.75, 3.05) is 18.5 Å². The highest BCUT2D eigenvalue weighted by molar-refractivity contribution is 6.29. The fourth-order valence-electron chi connectivity index (χ4n) is 3.59. The number of nitrogens with zero attached hydrogens (tertiary/aromatic N) is 4. The first kappa shape index (κ1) is 17.0. The zero-order chi connectivity index (χ0) is 18.7. The van der Waals surface area contributed by atoms with Crippen LogP contribution in [0.15, 0.2) is 29.2 Å². The molecule has 26 heavy (non-hydrogen) atoms. The van der Waals surface area contributed by atoms with Gasteiger partial charge in [-0.1, -0.05) is 11.6 Å². The summed E-state index contributed by atoms with van der Waals surface area (Å²) in [7, 11) is 1.51. The lowest BCUT2D eigenvalue weighted by atomic mass is 10.0. The number of carbonyl (C=O) groups excluding carboxylic acids is 1. The van der Waals surface area contributed by atoms with Gasteiger partial charge in [-0.05, 0) is 26.0 Å². The van der Waals surface area contributed by atoms with Gasteiger partial charge in [0.15, 0.2) is 5.15 Å². The highest BCUT2D eigenvalue weighted by atomic mass is 35.5. The highest BCUT2D eigenvalue weighted by Gasteiger charge is 2.74.